The summed E-state index contributed by atoms with van der Waals surface area (Å²) in [4.78, 5) is 2.29. The van der Waals surface area contributed by atoms with Crippen LogP contribution < -0.4 is 14.4 Å². The molecule has 1 atom stereocenters. The van der Waals surface area contributed by atoms with Crippen molar-refractivity contribution in [1.29, 1.82) is 5.26 Å². The van der Waals surface area contributed by atoms with Gasteiger partial charge in [-0.1, -0.05) is 12.1 Å². The number of benzene rings is 3. The Hall–Kier alpha value is -3.52. The van der Waals surface area contributed by atoms with Crippen LogP contribution in [0.4, 0.5) is 10.1 Å². The molecule has 152 valence electrons. The topological polar surface area (TPSA) is 45.5 Å². The van der Waals surface area contributed by atoms with Crippen LogP contribution in [-0.2, 0) is 0 Å². The molecule has 1 aliphatic rings. The second-order valence-corrected chi connectivity index (χ2v) is 7.32. The molecular formula is C25H23FN2O2. The van der Waals surface area contributed by atoms with Crippen LogP contribution in [0.3, 0.4) is 0 Å². The average Bonchev–Trinajstić information content (AvgIpc) is 3.23. The minimum atomic E-state index is -0.310. The molecule has 4 nitrogen and oxygen atoms in total. The molecule has 1 saturated heterocycles. The van der Waals surface area contributed by atoms with E-state index in [1.165, 1.54) is 6.07 Å². The third kappa shape index (κ3) is 4.23. The first-order valence-electron chi connectivity index (χ1n) is 10.0. The van der Waals surface area contributed by atoms with Crippen molar-refractivity contribution in [3.05, 3.63) is 72.5 Å². The Labute approximate surface area is 176 Å². The fraction of sp³-hybridized carbons (Fsp3) is 0.240. The van der Waals surface area contributed by atoms with Crippen LogP contribution in [0.1, 0.15) is 19.3 Å². The molecule has 1 aliphatic heterocycles. The van der Waals surface area contributed by atoms with Crippen LogP contribution in [0.25, 0.3) is 11.1 Å². The van der Waals surface area contributed by atoms with E-state index in [0.29, 0.717) is 29.2 Å². The summed E-state index contributed by atoms with van der Waals surface area (Å²) in [5.41, 5.74) is 2.29. The monoisotopic (exact) mass is 402 g/mol. The maximum atomic E-state index is 14.3. The van der Waals surface area contributed by atoms with Gasteiger partial charge in [0.1, 0.15) is 23.1 Å². The summed E-state index contributed by atoms with van der Waals surface area (Å²) < 4.78 is 25.5. The molecule has 4 rings (SSSR count). The first kappa shape index (κ1) is 19.8. The highest BCUT2D eigenvalue weighted by molar-refractivity contribution is 5.67. The molecule has 0 spiro atoms. The van der Waals surface area contributed by atoms with Crippen LogP contribution >= 0.6 is 0 Å². The van der Waals surface area contributed by atoms with E-state index in [1.54, 1.807) is 19.2 Å². The van der Waals surface area contributed by atoms with E-state index in [0.717, 1.165) is 30.6 Å². The normalized spacial score (nSPS) is 15.6. The molecule has 5 heteroatoms. The van der Waals surface area contributed by atoms with Crippen molar-refractivity contribution in [1.82, 2.24) is 0 Å². The van der Waals surface area contributed by atoms with Crippen molar-refractivity contribution in [3.63, 3.8) is 0 Å². The average molecular weight is 402 g/mol. The summed E-state index contributed by atoms with van der Waals surface area (Å²) in [6, 6.07) is 22.5. The largest absolute Gasteiger partial charge is 0.497 e. The number of hydrogen-bond acceptors (Lipinski definition) is 4. The summed E-state index contributed by atoms with van der Waals surface area (Å²) in [6.45, 7) is 0.973. The maximum absolute atomic E-state index is 14.3. The predicted molar refractivity (Wildman–Crippen MR) is 116 cm³/mol. The van der Waals surface area contributed by atoms with E-state index >= 15 is 0 Å². The van der Waals surface area contributed by atoms with Gasteiger partial charge in [-0.3, -0.25) is 0 Å². The van der Waals surface area contributed by atoms with Gasteiger partial charge in [-0.25, -0.2) is 4.39 Å². The molecule has 0 bridgehead atoms. The van der Waals surface area contributed by atoms with E-state index in [9.17, 15) is 4.39 Å². The quantitative estimate of drug-likeness (QED) is 0.494. The number of hydrogen-bond donors (Lipinski definition) is 0. The lowest BCUT2D eigenvalue weighted by molar-refractivity contribution is 0.414. The Morgan fingerprint density at radius 2 is 1.83 bits per heavy atom. The standard InChI is InChI=1S/C25H23FN2O2/c1-29-22-11-12-25(26)24(17-22)18-4-2-6-23(16-18)30-21-9-7-20(8-10-21)28-15-3-5-19(28)13-14-27/h2,4,6-12,16-17,19H,3,5,13,15H2,1H3. The molecular weight excluding hydrogens is 379 g/mol. The van der Waals surface area contributed by atoms with Gasteiger partial charge in [0.15, 0.2) is 0 Å². The SMILES string of the molecule is COc1ccc(F)c(-c2cccc(Oc3ccc(N4CCCC4CC#N)cc3)c2)c1. The number of nitrogens with zero attached hydrogens (tertiary/aromatic N) is 2. The van der Waals surface area contributed by atoms with E-state index in [1.807, 2.05) is 48.5 Å². The van der Waals surface area contributed by atoms with Crippen molar-refractivity contribution in [2.24, 2.45) is 0 Å². The minimum absolute atomic E-state index is 0.288. The van der Waals surface area contributed by atoms with Crippen molar-refractivity contribution < 1.29 is 13.9 Å². The second-order valence-electron chi connectivity index (χ2n) is 7.32. The van der Waals surface area contributed by atoms with Crippen molar-refractivity contribution in [3.8, 4) is 34.4 Å². The fourth-order valence-corrected chi connectivity index (χ4v) is 3.91. The van der Waals surface area contributed by atoms with Crippen LogP contribution in [-0.4, -0.2) is 19.7 Å². The summed E-state index contributed by atoms with van der Waals surface area (Å²) in [5.74, 6) is 1.63. The molecule has 0 aromatic heterocycles. The van der Waals surface area contributed by atoms with Crippen molar-refractivity contribution in [2.45, 2.75) is 25.3 Å². The molecule has 0 radical (unpaired) electrons. The Morgan fingerprint density at radius 1 is 1.03 bits per heavy atom. The Kier molecular flexibility index (Phi) is 5.85. The van der Waals surface area contributed by atoms with Crippen LogP contribution in [0.2, 0.25) is 0 Å². The Morgan fingerprint density at radius 3 is 2.60 bits per heavy atom. The first-order chi connectivity index (χ1) is 14.7. The number of methoxy groups -OCH3 is 1. The van der Waals surface area contributed by atoms with Gasteiger partial charge in [0.25, 0.3) is 0 Å². The van der Waals surface area contributed by atoms with Gasteiger partial charge in [-0.05, 0) is 73.0 Å². The van der Waals surface area contributed by atoms with E-state index in [-0.39, 0.29) is 11.9 Å². The summed E-state index contributed by atoms with van der Waals surface area (Å²) in [5, 5.41) is 9.02. The molecule has 3 aromatic carbocycles. The van der Waals surface area contributed by atoms with Gasteiger partial charge in [0.2, 0.25) is 0 Å². The van der Waals surface area contributed by atoms with Crippen molar-refractivity contribution in [2.75, 3.05) is 18.6 Å². The number of halogens is 1. The molecule has 30 heavy (non-hydrogen) atoms. The number of anilines is 1. The van der Waals surface area contributed by atoms with Crippen LogP contribution in [0.15, 0.2) is 66.7 Å². The van der Waals surface area contributed by atoms with Crippen molar-refractivity contribution >= 4 is 5.69 Å². The van der Waals surface area contributed by atoms with E-state index in [4.69, 9.17) is 14.7 Å². The zero-order chi connectivity index (χ0) is 20.9. The zero-order valence-electron chi connectivity index (χ0n) is 16.8. The summed E-state index contributed by atoms with van der Waals surface area (Å²) >= 11 is 0. The van der Waals surface area contributed by atoms with E-state index in [2.05, 4.69) is 11.0 Å². The molecule has 3 aromatic rings. The summed E-state index contributed by atoms with van der Waals surface area (Å²) in [7, 11) is 1.56. The smallest absolute Gasteiger partial charge is 0.131 e. The first-order valence-corrected chi connectivity index (χ1v) is 10.0. The molecule has 0 N–H and O–H groups in total. The molecule has 0 aliphatic carbocycles. The number of ether oxygens (including phenoxy) is 2. The summed E-state index contributed by atoms with van der Waals surface area (Å²) in [6.07, 6.45) is 2.71. The minimum Gasteiger partial charge on any atom is -0.497 e. The highest BCUT2D eigenvalue weighted by Crippen LogP contribution is 2.33. The number of rotatable bonds is 6. The molecule has 1 heterocycles. The predicted octanol–water partition coefficient (Wildman–Crippen LogP) is 6.18. The third-order valence-electron chi connectivity index (χ3n) is 5.43. The third-order valence-corrected chi connectivity index (χ3v) is 5.43. The van der Waals surface area contributed by atoms with Gasteiger partial charge in [0, 0.05) is 23.8 Å². The van der Waals surface area contributed by atoms with Gasteiger partial charge in [-0.2, -0.15) is 5.26 Å². The van der Waals surface area contributed by atoms with Gasteiger partial charge in [0.05, 0.1) is 19.6 Å². The second kappa shape index (κ2) is 8.87. The highest BCUT2D eigenvalue weighted by Gasteiger charge is 2.24. The van der Waals surface area contributed by atoms with Gasteiger partial charge >= 0.3 is 0 Å². The molecule has 1 fully saturated rings. The Bertz CT molecular complexity index is 1060. The molecule has 1 unspecified atom stereocenters. The molecule has 0 saturated carbocycles. The Balaban J connectivity index is 1.52. The van der Waals surface area contributed by atoms with Gasteiger partial charge < -0.3 is 14.4 Å². The zero-order valence-corrected chi connectivity index (χ0v) is 16.8. The van der Waals surface area contributed by atoms with Gasteiger partial charge in [-0.15, -0.1) is 0 Å². The van der Waals surface area contributed by atoms with Crippen LogP contribution in [0.5, 0.6) is 17.2 Å². The fourth-order valence-electron chi connectivity index (χ4n) is 3.91. The van der Waals surface area contributed by atoms with Crippen LogP contribution in [0, 0.1) is 17.1 Å². The highest BCUT2D eigenvalue weighted by atomic mass is 19.1. The lowest BCUT2D eigenvalue weighted by Gasteiger charge is -2.25. The number of nitriles is 1. The lowest BCUT2D eigenvalue weighted by atomic mass is 10.0. The lowest BCUT2D eigenvalue weighted by Crippen LogP contribution is -2.28. The molecule has 0 amide bonds. The maximum Gasteiger partial charge on any atom is 0.131 e. The van der Waals surface area contributed by atoms with E-state index < -0.39 is 0 Å².